The van der Waals surface area contributed by atoms with Crippen molar-refractivity contribution in [3.8, 4) is 0 Å². The highest BCUT2D eigenvalue weighted by atomic mass is 16.4. The molecule has 0 bridgehead atoms. The van der Waals surface area contributed by atoms with E-state index in [4.69, 9.17) is 5.11 Å². The molecule has 1 aromatic heterocycles. The Morgan fingerprint density at radius 3 is 2.60 bits per heavy atom. The molecule has 6 nitrogen and oxygen atoms in total. The third-order valence-electron chi connectivity index (χ3n) is 4.13. The summed E-state index contributed by atoms with van der Waals surface area (Å²) in [4.78, 5) is 21.6. The van der Waals surface area contributed by atoms with Crippen LogP contribution in [0.25, 0.3) is 0 Å². The van der Waals surface area contributed by atoms with Crippen LogP contribution in [0.15, 0.2) is 6.07 Å². The Hall–Kier alpha value is -1.69. The van der Waals surface area contributed by atoms with Crippen LogP contribution in [0, 0.1) is 6.92 Å². The summed E-state index contributed by atoms with van der Waals surface area (Å²) in [5.41, 5.74) is 0.812. The van der Waals surface area contributed by atoms with E-state index in [2.05, 4.69) is 34.3 Å². The molecule has 1 fully saturated rings. The number of aromatic carboxylic acids is 1. The van der Waals surface area contributed by atoms with Crippen LogP contribution in [0.3, 0.4) is 0 Å². The molecule has 0 amide bonds. The average molecular weight is 278 g/mol. The van der Waals surface area contributed by atoms with Crippen molar-refractivity contribution in [3.05, 3.63) is 17.5 Å². The fourth-order valence-electron chi connectivity index (χ4n) is 2.82. The first-order valence-corrected chi connectivity index (χ1v) is 6.93. The van der Waals surface area contributed by atoms with E-state index in [-0.39, 0.29) is 11.2 Å². The Morgan fingerprint density at radius 1 is 1.40 bits per heavy atom. The molecule has 6 heteroatoms. The van der Waals surface area contributed by atoms with Gasteiger partial charge in [-0.15, -0.1) is 0 Å². The minimum atomic E-state index is -1.03. The molecule has 0 saturated heterocycles. The molecule has 2 rings (SSSR count). The number of nitrogens with zero attached hydrogens (tertiary/aromatic N) is 3. The molecular weight excluding hydrogens is 256 g/mol. The smallest absolute Gasteiger partial charge is 0.354 e. The first-order valence-electron chi connectivity index (χ1n) is 6.93. The van der Waals surface area contributed by atoms with Crippen molar-refractivity contribution in [1.29, 1.82) is 0 Å². The van der Waals surface area contributed by atoms with Crippen molar-refractivity contribution in [1.82, 2.24) is 14.9 Å². The van der Waals surface area contributed by atoms with Gasteiger partial charge in [0, 0.05) is 17.8 Å². The number of hydrogen-bond acceptors (Lipinski definition) is 5. The number of anilines is 1. The van der Waals surface area contributed by atoms with Crippen molar-refractivity contribution in [2.24, 2.45) is 0 Å². The van der Waals surface area contributed by atoms with Gasteiger partial charge in [0.1, 0.15) is 0 Å². The number of hydrogen-bond donors (Lipinski definition) is 2. The number of rotatable bonds is 5. The molecule has 1 aliphatic rings. The van der Waals surface area contributed by atoms with Crippen molar-refractivity contribution in [2.75, 3.05) is 26.0 Å². The van der Waals surface area contributed by atoms with Crippen molar-refractivity contribution < 1.29 is 9.90 Å². The molecule has 0 unspecified atom stereocenters. The first-order chi connectivity index (χ1) is 9.43. The van der Waals surface area contributed by atoms with Gasteiger partial charge >= 0.3 is 5.97 Å². The van der Waals surface area contributed by atoms with Gasteiger partial charge in [-0.05, 0) is 39.9 Å². The molecule has 2 N–H and O–H groups in total. The molecule has 1 heterocycles. The zero-order valence-corrected chi connectivity index (χ0v) is 12.3. The lowest BCUT2D eigenvalue weighted by atomic mass is 9.96. The van der Waals surface area contributed by atoms with Crippen LogP contribution in [0.2, 0.25) is 0 Å². The standard InChI is InChI=1S/C14H22N4O2/c1-10-8-11(12(19)20)17-13(16-10)15-9-14(18(2)3)6-4-5-7-14/h8H,4-7,9H2,1-3H3,(H,19,20)(H,15,16,17). The summed E-state index contributed by atoms with van der Waals surface area (Å²) in [7, 11) is 4.18. The molecule has 1 aromatic rings. The lowest BCUT2D eigenvalue weighted by molar-refractivity contribution is 0.0690. The van der Waals surface area contributed by atoms with Gasteiger partial charge in [-0.3, -0.25) is 0 Å². The van der Waals surface area contributed by atoms with E-state index in [1.54, 1.807) is 6.92 Å². The molecule has 0 aliphatic heterocycles. The third-order valence-corrected chi connectivity index (χ3v) is 4.13. The van der Waals surface area contributed by atoms with Crippen LogP contribution < -0.4 is 5.32 Å². The molecule has 0 aromatic carbocycles. The summed E-state index contributed by atoms with van der Waals surface area (Å²) in [6.45, 7) is 2.51. The highest BCUT2D eigenvalue weighted by molar-refractivity contribution is 5.85. The summed E-state index contributed by atoms with van der Waals surface area (Å²) in [5, 5.41) is 12.2. The number of aryl methyl sites for hydroxylation is 1. The van der Waals surface area contributed by atoms with Gasteiger partial charge in [0.2, 0.25) is 5.95 Å². The molecule has 20 heavy (non-hydrogen) atoms. The van der Waals surface area contributed by atoms with Gasteiger partial charge in [0.05, 0.1) is 0 Å². The number of carbonyl (C=O) groups is 1. The highest BCUT2D eigenvalue weighted by Gasteiger charge is 2.35. The summed E-state index contributed by atoms with van der Waals surface area (Å²) in [5.74, 6) is -0.628. The SMILES string of the molecule is Cc1cc(C(=O)O)nc(NCC2(N(C)C)CCCC2)n1. The molecule has 0 spiro atoms. The van der Waals surface area contributed by atoms with E-state index >= 15 is 0 Å². The second kappa shape index (κ2) is 5.75. The van der Waals surface area contributed by atoms with Crippen molar-refractivity contribution in [2.45, 2.75) is 38.1 Å². The predicted octanol–water partition coefficient (Wildman–Crippen LogP) is 1.77. The second-order valence-electron chi connectivity index (χ2n) is 5.70. The van der Waals surface area contributed by atoms with Gasteiger partial charge in [-0.2, -0.15) is 0 Å². The van der Waals surface area contributed by atoms with Crippen LogP contribution in [0.4, 0.5) is 5.95 Å². The Bertz CT molecular complexity index is 496. The van der Waals surface area contributed by atoms with Crippen LogP contribution >= 0.6 is 0 Å². The molecule has 0 radical (unpaired) electrons. The Balaban J connectivity index is 2.12. The fraction of sp³-hybridized carbons (Fsp3) is 0.643. The van der Waals surface area contributed by atoms with Crippen LogP contribution in [0.1, 0.15) is 41.9 Å². The monoisotopic (exact) mass is 278 g/mol. The number of carboxylic acid groups (broad SMARTS) is 1. The molecular formula is C14H22N4O2. The summed E-state index contributed by atoms with van der Waals surface area (Å²) < 4.78 is 0. The highest BCUT2D eigenvalue weighted by Crippen LogP contribution is 2.33. The molecule has 110 valence electrons. The number of aromatic nitrogens is 2. The largest absolute Gasteiger partial charge is 0.477 e. The van der Waals surface area contributed by atoms with Gasteiger partial charge in [0.15, 0.2) is 5.69 Å². The van der Waals surface area contributed by atoms with Crippen molar-refractivity contribution in [3.63, 3.8) is 0 Å². The Morgan fingerprint density at radius 2 is 2.05 bits per heavy atom. The molecule has 0 atom stereocenters. The van der Waals surface area contributed by atoms with E-state index in [9.17, 15) is 4.79 Å². The summed E-state index contributed by atoms with van der Waals surface area (Å²) in [6, 6.07) is 1.48. The summed E-state index contributed by atoms with van der Waals surface area (Å²) >= 11 is 0. The zero-order chi connectivity index (χ0) is 14.8. The lowest BCUT2D eigenvalue weighted by Gasteiger charge is -2.36. The zero-order valence-electron chi connectivity index (χ0n) is 12.3. The maximum absolute atomic E-state index is 11.0. The number of nitrogens with one attached hydrogen (secondary N) is 1. The maximum atomic E-state index is 11.0. The van der Waals surface area contributed by atoms with E-state index in [1.165, 1.54) is 18.9 Å². The molecule has 1 saturated carbocycles. The van der Waals surface area contributed by atoms with Crippen LogP contribution in [-0.2, 0) is 0 Å². The van der Waals surface area contributed by atoms with E-state index in [0.717, 1.165) is 19.4 Å². The van der Waals surface area contributed by atoms with Crippen LogP contribution in [0.5, 0.6) is 0 Å². The van der Waals surface area contributed by atoms with Crippen LogP contribution in [-0.4, -0.2) is 52.1 Å². The summed E-state index contributed by atoms with van der Waals surface area (Å²) in [6.07, 6.45) is 4.75. The molecule has 1 aliphatic carbocycles. The third kappa shape index (κ3) is 3.07. The van der Waals surface area contributed by atoms with Gasteiger partial charge < -0.3 is 15.3 Å². The maximum Gasteiger partial charge on any atom is 0.354 e. The van der Waals surface area contributed by atoms with Crippen molar-refractivity contribution >= 4 is 11.9 Å². The predicted molar refractivity (Wildman–Crippen MR) is 77.1 cm³/mol. The topological polar surface area (TPSA) is 78.3 Å². The Kier molecular flexibility index (Phi) is 4.23. The van der Waals surface area contributed by atoms with E-state index in [0.29, 0.717) is 11.6 Å². The minimum Gasteiger partial charge on any atom is -0.477 e. The van der Waals surface area contributed by atoms with E-state index < -0.39 is 5.97 Å². The lowest BCUT2D eigenvalue weighted by Crippen LogP contribution is -2.47. The van der Waals surface area contributed by atoms with E-state index in [1.807, 2.05) is 0 Å². The first kappa shape index (κ1) is 14.7. The quantitative estimate of drug-likeness (QED) is 0.854. The van der Waals surface area contributed by atoms with Gasteiger partial charge in [0.25, 0.3) is 0 Å². The van der Waals surface area contributed by atoms with Gasteiger partial charge in [-0.25, -0.2) is 14.8 Å². The minimum absolute atomic E-state index is 0.0327. The normalized spacial score (nSPS) is 17.4. The number of likely N-dealkylation sites (N-methyl/N-ethyl adjacent to an activating group) is 1. The Labute approximate surface area is 119 Å². The fourth-order valence-corrected chi connectivity index (χ4v) is 2.82. The number of carboxylic acids is 1. The second-order valence-corrected chi connectivity index (χ2v) is 5.70. The average Bonchev–Trinajstić information content (AvgIpc) is 2.86. The van der Waals surface area contributed by atoms with Gasteiger partial charge in [-0.1, -0.05) is 12.8 Å².